The molecule has 5 amide bonds. The van der Waals surface area contributed by atoms with E-state index < -0.39 is 58.8 Å². The number of amides is 5. The SMILES string of the molecule is CCCN(C(=O)OC(C)(C)C)C(=O)/C(C#N)=C/[C@H](C[C@@H]1CCCNC1=O)NC(=O)[C@H](Cc1ccc(F)cc1)NC(=O)c1cc(C)on1. The number of aryl methyl sites for hydroxylation is 1. The maximum atomic E-state index is 13.8. The van der Waals surface area contributed by atoms with Crippen LogP contribution >= 0.6 is 0 Å². The van der Waals surface area contributed by atoms with E-state index in [0.29, 0.717) is 37.1 Å². The number of nitrogens with zero attached hydrogens (tertiary/aromatic N) is 3. The van der Waals surface area contributed by atoms with E-state index in [-0.39, 0.29) is 31.0 Å². The molecule has 0 aliphatic carbocycles. The lowest BCUT2D eigenvalue weighted by atomic mass is 9.90. The number of ether oxygens (including phenoxy) is 1. The molecule has 252 valence electrons. The zero-order chi connectivity index (χ0) is 34.7. The predicted molar refractivity (Wildman–Crippen MR) is 167 cm³/mol. The van der Waals surface area contributed by atoms with Gasteiger partial charge in [0.05, 0.1) is 0 Å². The maximum Gasteiger partial charge on any atom is 0.417 e. The molecule has 1 aliphatic heterocycles. The molecule has 3 N–H and O–H groups in total. The average Bonchev–Trinajstić information content (AvgIpc) is 3.45. The van der Waals surface area contributed by atoms with Gasteiger partial charge < -0.3 is 25.2 Å². The van der Waals surface area contributed by atoms with Gasteiger partial charge in [0.15, 0.2) is 5.69 Å². The Morgan fingerprint density at radius 3 is 2.51 bits per heavy atom. The van der Waals surface area contributed by atoms with E-state index >= 15 is 0 Å². The van der Waals surface area contributed by atoms with Gasteiger partial charge in [-0.15, -0.1) is 0 Å². The summed E-state index contributed by atoms with van der Waals surface area (Å²) in [4.78, 5) is 66.7. The molecular weight excluding hydrogens is 611 g/mol. The number of nitriles is 1. The van der Waals surface area contributed by atoms with E-state index in [2.05, 4.69) is 21.1 Å². The van der Waals surface area contributed by atoms with Crippen LogP contribution in [0.5, 0.6) is 0 Å². The van der Waals surface area contributed by atoms with Crippen LogP contribution < -0.4 is 16.0 Å². The van der Waals surface area contributed by atoms with Crippen LogP contribution in [0.3, 0.4) is 0 Å². The molecule has 1 fully saturated rings. The van der Waals surface area contributed by atoms with Gasteiger partial charge in [0.2, 0.25) is 11.8 Å². The molecule has 3 rings (SSSR count). The molecule has 47 heavy (non-hydrogen) atoms. The number of aromatic nitrogens is 1. The number of hydrogen-bond acceptors (Lipinski definition) is 9. The van der Waals surface area contributed by atoms with Gasteiger partial charge in [0.25, 0.3) is 11.8 Å². The number of carbonyl (C=O) groups excluding carboxylic acids is 5. The summed E-state index contributed by atoms with van der Waals surface area (Å²) >= 11 is 0. The number of nitrogens with one attached hydrogen (secondary N) is 3. The Morgan fingerprint density at radius 1 is 1.23 bits per heavy atom. The first-order valence-electron chi connectivity index (χ1n) is 15.4. The third-order valence-corrected chi connectivity index (χ3v) is 7.13. The first kappa shape index (κ1) is 36.4. The van der Waals surface area contributed by atoms with E-state index in [1.807, 2.05) is 6.07 Å². The number of benzene rings is 1. The van der Waals surface area contributed by atoms with Crippen LogP contribution in [0.4, 0.5) is 9.18 Å². The number of halogens is 1. The Bertz CT molecular complexity index is 1520. The highest BCUT2D eigenvalue weighted by atomic mass is 19.1. The van der Waals surface area contributed by atoms with Crippen LogP contribution in [-0.2, 0) is 25.5 Å². The second kappa shape index (κ2) is 16.5. The summed E-state index contributed by atoms with van der Waals surface area (Å²) in [6.45, 7) is 8.76. The van der Waals surface area contributed by atoms with E-state index in [0.717, 1.165) is 4.90 Å². The minimum absolute atomic E-state index is 0.0238. The summed E-state index contributed by atoms with van der Waals surface area (Å²) < 4.78 is 24.0. The number of rotatable bonds is 12. The van der Waals surface area contributed by atoms with Crippen molar-refractivity contribution in [1.82, 2.24) is 26.0 Å². The van der Waals surface area contributed by atoms with Crippen molar-refractivity contribution in [3.8, 4) is 6.07 Å². The van der Waals surface area contributed by atoms with Crippen LogP contribution in [0.2, 0.25) is 0 Å². The largest absolute Gasteiger partial charge is 0.443 e. The lowest BCUT2D eigenvalue weighted by Crippen LogP contribution is -2.51. The van der Waals surface area contributed by atoms with Gasteiger partial charge in [-0.05, 0) is 77.2 Å². The third kappa shape index (κ3) is 11.1. The summed E-state index contributed by atoms with van der Waals surface area (Å²) in [5, 5.41) is 21.9. The van der Waals surface area contributed by atoms with Gasteiger partial charge in [-0.2, -0.15) is 5.26 Å². The fraction of sp³-hybridized carbons (Fsp3) is 0.485. The summed E-state index contributed by atoms with van der Waals surface area (Å²) in [6, 6.07) is 6.34. The number of imide groups is 1. The molecule has 2 heterocycles. The molecule has 0 saturated carbocycles. The Kier molecular flexibility index (Phi) is 12.8. The molecule has 14 heteroatoms. The first-order chi connectivity index (χ1) is 22.2. The van der Waals surface area contributed by atoms with E-state index in [1.165, 1.54) is 36.4 Å². The second-order valence-corrected chi connectivity index (χ2v) is 12.3. The molecule has 13 nitrogen and oxygen atoms in total. The second-order valence-electron chi connectivity index (χ2n) is 12.3. The van der Waals surface area contributed by atoms with Gasteiger partial charge in [0, 0.05) is 37.5 Å². The maximum absolute atomic E-state index is 13.8. The third-order valence-electron chi connectivity index (χ3n) is 7.13. The summed E-state index contributed by atoms with van der Waals surface area (Å²) in [6.07, 6.45) is 1.84. The molecule has 1 aromatic carbocycles. The van der Waals surface area contributed by atoms with Gasteiger partial charge in [0.1, 0.15) is 34.9 Å². The zero-order valence-corrected chi connectivity index (χ0v) is 27.2. The Labute approximate surface area is 272 Å². The minimum Gasteiger partial charge on any atom is -0.443 e. The first-order valence-corrected chi connectivity index (χ1v) is 15.4. The van der Waals surface area contributed by atoms with Crippen LogP contribution in [0, 0.1) is 30.0 Å². The van der Waals surface area contributed by atoms with E-state index in [9.17, 15) is 33.6 Å². The highest BCUT2D eigenvalue weighted by molar-refractivity contribution is 6.05. The van der Waals surface area contributed by atoms with Crippen LogP contribution in [-0.4, -0.2) is 70.6 Å². The Balaban J connectivity index is 1.96. The Morgan fingerprint density at radius 2 is 1.94 bits per heavy atom. The predicted octanol–water partition coefficient (Wildman–Crippen LogP) is 3.49. The van der Waals surface area contributed by atoms with E-state index in [4.69, 9.17) is 9.26 Å². The van der Waals surface area contributed by atoms with Gasteiger partial charge in [-0.3, -0.25) is 19.2 Å². The highest BCUT2D eigenvalue weighted by Gasteiger charge is 2.32. The smallest absolute Gasteiger partial charge is 0.417 e. The van der Waals surface area contributed by atoms with Crippen molar-refractivity contribution in [2.45, 2.75) is 84.4 Å². The lowest BCUT2D eigenvalue weighted by Gasteiger charge is -2.28. The van der Waals surface area contributed by atoms with Crippen LogP contribution in [0.15, 0.2) is 46.5 Å². The van der Waals surface area contributed by atoms with Crippen molar-refractivity contribution in [3.63, 3.8) is 0 Å². The molecular formula is C33H41FN6O7. The molecule has 0 unspecified atom stereocenters. The highest BCUT2D eigenvalue weighted by Crippen LogP contribution is 2.20. The van der Waals surface area contributed by atoms with Gasteiger partial charge >= 0.3 is 6.09 Å². The summed E-state index contributed by atoms with van der Waals surface area (Å²) in [5.74, 6) is -3.23. The van der Waals surface area contributed by atoms with E-state index in [1.54, 1.807) is 34.6 Å². The normalized spacial score (nSPS) is 16.2. The summed E-state index contributed by atoms with van der Waals surface area (Å²) in [7, 11) is 0. The van der Waals surface area contributed by atoms with Gasteiger partial charge in [-0.25, -0.2) is 14.1 Å². The molecule has 1 aliphatic rings. The van der Waals surface area contributed by atoms with Crippen molar-refractivity contribution in [2.75, 3.05) is 13.1 Å². The van der Waals surface area contributed by atoms with Crippen molar-refractivity contribution >= 4 is 29.7 Å². The fourth-order valence-electron chi connectivity index (χ4n) is 4.91. The molecule has 0 spiro atoms. The van der Waals surface area contributed by atoms with Gasteiger partial charge in [-0.1, -0.05) is 24.2 Å². The van der Waals surface area contributed by atoms with Crippen LogP contribution in [0.1, 0.15) is 75.2 Å². The quantitative estimate of drug-likeness (QED) is 0.228. The summed E-state index contributed by atoms with van der Waals surface area (Å²) in [5.41, 5.74) is -0.880. The topological polar surface area (TPSA) is 184 Å². The number of carbonyl (C=O) groups is 5. The molecule has 2 aromatic rings. The molecule has 1 saturated heterocycles. The van der Waals surface area contributed by atoms with Crippen molar-refractivity contribution in [3.05, 3.63) is 64.8 Å². The number of piperidine rings is 1. The monoisotopic (exact) mass is 652 g/mol. The zero-order valence-electron chi connectivity index (χ0n) is 27.2. The molecule has 3 atom stereocenters. The molecule has 0 radical (unpaired) electrons. The minimum atomic E-state index is -1.22. The standard InChI is InChI=1S/C33H41FN6O7/c1-6-14-40(32(45)46-33(3,4)5)31(44)23(19-35)18-25(17-22-8-7-13-36-28(22)41)37-29(42)26(16-21-9-11-24(34)12-10-21)38-30(43)27-15-20(2)47-39-27/h9-12,15,18,22,25-26H,6-8,13-14,16-17H2,1-5H3,(H,36,41)(H,37,42)(H,38,43)/b23-18+/t22-,25-,26-/m0/s1. The fourth-order valence-corrected chi connectivity index (χ4v) is 4.91. The van der Waals surface area contributed by atoms with Crippen molar-refractivity contribution in [2.24, 2.45) is 5.92 Å². The molecule has 1 aromatic heterocycles. The van der Waals surface area contributed by atoms with Crippen molar-refractivity contribution < 1.29 is 37.6 Å². The lowest BCUT2D eigenvalue weighted by molar-refractivity contribution is -0.128. The Hall–Kier alpha value is -5.06. The number of hydrogen-bond donors (Lipinski definition) is 3. The van der Waals surface area contributed by atoms with Crippen molar-refractivity contribution in [1.29, 1.82) is 5.26 Å². The molecule has 0 bridgehead atoms. The average molecular weight is 653 g/mol. The van der Waals surface area contributed by atoms with Crippen LogP contribution in [0.25, 0.3) is 0 Å².